The Balaban J connectivity index is 1.74. The van der Waals surface area contributed by atoms with Crippen LogP contribution in [0.2, 0.25) is 0 Å². The summed E-state index contributed by atoms with van der Waals surface area (Å²) < 4.78 is 11.1. The molecule has 0 aromatic carbocycles. The summed E-state index contributed by atoms with van der Waals surface area (Å²) in [5, 5.41) is 3.08. The minimum atomic E-state index is -0.175. The van der Waals surface area contributed by atoms with Gasteiger partial charge < -0.3 is 19.4 Å². The zero-order chi connectivity index (χ0) is 17.8. The molecule has 2 atom stereocenters. The van der Waals surface area contributed by atoms with Gasteiger partial charge in [-0.15, -0.1) is 0 Å². The summed E-state index contributed by atoms with van der Waals surface area (Å²) in [6.07, 6.45) is 6.40. The number of likely N-dealkylation sites (tertiary alicyclic amines) is 1. The van der Waals surface area contributed by atoms with E-state index in [2.05, 4.69) is 10.3 Å². The van der Waals surface area contributed by atoms with Crippen LogP contribution in [0.15, 0.2) is 35.0 Å². The van der Waals surface area contributed by atoms with Crippen molar-refractivity contribution in [3.8, 4) is 5.75 Å². The first-order valence-corrected chi connectivity index (χ1v) is 8.71. The molecule has 2 aromatic heterocycles. The second kappa shape index (κ2) is 7.59. The van der Waals surface area contributed by atoms with E-state index >= 15 is 0 Å². The van der Waals surface area contributed by atoms with Gasteiger partial charge in [-0.3, -0.25) is 4.98 Å². The Labute approximate surface area is 148 Å². The summed E-state index contributed by atoms with van der Waals surface area (Å²) in [5.41, 5.74) is 0.910. The second-order valence-corrected chi connectivity index (χ2v) is 6.44. The summed E-state index contributed by atoms with van der Waals surface area (Å²) in [6.45, 7) is 4.61. The molecule has 3 heterocycles. The fourth-order valence-electron chi connectivity index (χ4n) is 3.37. The number of carbonyl (C=O) groups is 1. The lowest BCUT2D eigenvalue weighted by molar-refractivity contribution is 0.137. The number of nitrogens with zero attached hydrogens (tertiary/aromatic N) is 2. The number of pyridine rings is 1. The van der Waals surface area contributed by atoms with Gasteiger partial charge in [-0.05, 0) is 51.3 Å². The normalized spacial score (nSPS) is 18.7. The van der Waals surface area contributed by atoms with Gasteiger partial charge in [0.15, 0.2) is 0 Å². The molecule has 1 fully saturated rings. The molecule has 0 spiro atoms. The first kappa shape index (κ1) is 17.3. The average molecular weight is 343 g/mol. The summed E-state index contributed by atoms with van der Waals surface area (Å²) >= 11 is 0. The summed E-state index contributed by atoms with van der Waals surface area (Å²) in [6, 6.07) is 5.53. The zero-order valence-corrected chi connectivity index (χ0v) is 15.0. The predicted molar refractivity (Wildman–Crippen MR) is 94.5 cm³/mol. The average Bonchev–Trinajstić information content (AvgIpc) is 3.07. The number of urea groups is 1. The molecule has 0 unspecified atom stereocenters. The number of amides is 2. The highest BCUT2D eigenvalue weighted by atomic mass is 16.5. The highest BCUT2D eigenvalue weighted by Gasteiger charge is 2.31. The van der Waals surface area contributed by atoms with E-state index in [9.17, 15) is 4.79 Å². The van der Waals surface area contributed by atoms with E-state index < -0.39 is 0 Å². The lowest BCUT2D eigenvalue weighted by Crippen LogP contribution is -2.45. The Hall–Kier alpha value is -2.50. The quantitative estimate of drug-likeness (QED) is 0.911. The molecule has 1 aliphatic rings. The number of hydrogen-bond acceptors (Lipinski definition) is 4. The van der Waals surface area contributed by atoms with E-state index in [1.165, 1.54) is 0 Å². The SMILES string of the molecule is COc1cnccc1[C@H](C)NC(=O)N1CCCC[C@@H]1c1ccc(C)o1. The summed E-state index contributed by atoms with van der Waals surface area (Å²) in [7, 11) is 1.61. The smallest absolute Gasteiger partial charge is 0.318 e. The van der Waals surface area contributed by atoms with Crippen molar-refractivity contribution in [3.05, 3.63) is 47.7 Å². The first-order chi connectivity index (χ1) is 12.1. The summed E-state index contributed by atoms with van der Waals surface area (Å²) in [4.78, 5) is 18.8. The molecule has 1 saturated heterocycles. The summed E-state index contributed by atoms with van der Waals surface area (Å²) in [5.74, 6) is 2.41. The molecule has 3 rings (SSSR count). The number of rotatable bonds is 4. The molecule has 2 amide bonds. The number of nitrogens with one attached hydrogen (secondary N) is 1. The maximum absolute atomic E-state index is 12.9. The fourth-order valence-corrected chi connectivity index (χ4v) is 3.37. The van der Waals surface area contributed by atoms with Crippen molar-refractivity contribution in [3.63, 3.8) is 0 Å². The Kier molecular flexibility index (Phi) is 5.26. The number of piperidine rings is 1. The minimum Gasteiger partial charge on any atom is -0.495 e. The van der Waals surface area contributed by atoms with Crippen molar-refractivity contribution in [2.45, 2.75) is 45.2 Å². The second-order valence-electron chi connectivity index (χ2n) is 6.44. The number of hydrogen-bond donors (Lipinski definition) is 1. The Morgan fingerprint density at radius 2 is 2.24 bits per heavy atom. The molecular weight excluding hydrogens is 318 g/mol. The number of ether oxygens (including phenoxy) is 1. The third-order valence-corrected chi connectivity index (χ3v) is 4.70. The molecular formula is C19H25N3O3. The van der Waals surface area contributed by atoms with E-state index in [1.807, 2.05) is 36.9 Å². The Morgan fingerprint density at radius 3 is 2.96 bits per heavy atom. The van der Waals surface area contributed by atoms with Crippen LogP contribution in [0.25, 0.3) is 0 Å². The van der Waals surface area contributed by atoms with Gasteiger partial charge in [-0.1, -0.05) is 0 Å². The lowest BCUT2D eigenvalue weighted by atomic mass is 10.0. The topological polar surface area (TPSA) is 67.6 Å². The standard InChI is InChI=1S/C19H25N3O3/c1-13-7-8-17(25-13)16-6-4-5-11-22(16)19(23)21-14(2)15-9-10-20-12-18(15)24-3/h7-10,12,14,16H,4-6,11H2,1-3H3,(H,21,23)/t14-,16+/m0/s1. The van der Waals surface area contributed by atoms with Crippen LogP contribution in [0.3, 0.4) is 0 Å². The van der Waals surface area contributed by atoms with Crippen molar-refractivity contribution in [1.82, 2.24) is 15.2 Å². The van der Waals surface area contributed by atoms with E-state index in [4.69, 9.17) is 9.15 Å². The van der Waals surface area contributed by atoms with E-state index in [1.54, 1.807) is 19.5 Å². The Bertz CT molecular complexity index is 728. The van der Waals surface area contributed by atoms with Crippen molar-refractivity contribution in [2.24, 2.45) is 0 Å². The molecule has 6 heteroatoms. The lowest BCUT2D eigenvalue weighted by Gasteiger charge is -2.35. The van der Waals surface area contributed by atoms with Crippen molar-refractivity contribution in [2.75, 3.05) is 13.7 Å². The molecule has 134 valence electrons. The number of carbonyl (C=O) groups excluding carboxylic acids is 1. The van der Waals surface area contributed by atoms with Gasteiger partial charge in [0.2, 0.25) is 0 Å². The van der Waals surface area contributed by atoms with Crippen LogP contribution in [0.4, 0.5) is 4.79 Å². The predicted octanol–water partition coefficient (Wildman–Crippen LogP) is 3.99. The molecule has 0 bridgehead atoms. The molecule has 0 aliphatic carbocycles. The van der Waals surface area contributed by atoms with Gasteiger partial charge in [0.1, 0.15) is 17.3 Å². The number of aryl methyl sites for hydroxylation is 1. The van der Waals surface area contributed by atoms with Crippen LogP contribution in [0.5, 0.6) is 5.75 Å². The van der Waals surface area contributed by atoms with Crippen LogP contribution in [-0.2, 0) is 0 Å². The van der Waals surface area contributed by atoms with Crippen LogP contribution in [0, 0.1) is 6.92 Å². The number of furan rings is 1. The highest BCUT2D eigenvalue weighted by Crippen LogP contribution is 2.32. The number of aromatic nitrogens is 1. The van der Waals surface area contributed by atoms with E-state index in [0.717, 1.165) is 42.9 Å². The van der Waals surface area contributed by atoms with Gasteiger partial charge >= 0.3 is 6.03 Å². The largest absolute Gasteiger partial charge is 0.495 e. The third kappa shape index (κ3) is 3.78. The van der Waals surface area contributed by atoms with Crippen molar-refractivity contribution >= 4 is 6.03 Å². The Morgan fingerprint density at radius 1 is 1.40 bits per heavy atom. The highest BCUT2D eigenvalue weighted by molar-refractivity contribution is 5.75. The van der Waals surface area contributed by atoms with Crippen LogP contribution in [-0.4, -0.2) is 29.6 Å². The van der Waals surface area contributed by atoms with Gasteiger partial charge in [-0.25, -0.2) is 4.79 Å². The first-order valence-electron chi connectivity index (χ1n) is 8.71. The molecule has 0 radical (unpaired) electrons. The van der Waals surface area contributed by atoms with Crippen LogP contribution in [0.1, 0.15) is 55.4 Å². The van der Waals surface area contributed by atoms with Crippen LogP contribution < -0.4 is 10.1 Å². The maximum atomic E-state index is 12.9. The monoisotopic (exact) mass is 343 g/mol. The minimum absolute atomic E-state index is 0.00557. The molecule has 2 aromatic rings. The van der Waals surface area contributed by atoms with Gasteiger partial charge in [0, 0.05) is 18.3 Å². The molecule has 25 heavy (non-hydrogen) atoms. The zero-order valence-electron chi connectivity index (χ0n) is 15.0. The fraction of sp³-hybridized carbons (Fsp3) is 0.474. The molecule has 1 N–H and O–H groups in total. The van der Waals surface area contributed by atoms with E-state index in [-0.39, 0.29) is 18.1 Å². The van der Waals surface area contributed by atoms with Gasteiger partial charge in [0.05, 0.1) is 25.4 Å². The molecule has 1 aliphatic heterocycles. The van der Waals surface area contributed by atoms with Gasteiger partial charge in [-0.2, -0.15) is 0 Å². The molecule has 0 saturated carbocycles. The van der Waals surface area contributed by atoms with Gasteiger partial charge in [0.25, 0.3) is 0 Å². The number of methoxy groups -OCH3 is 1. The van der Waals surface area contributed by atoms with Crippen LogP contribution >= 0.6 is 0 Å². The van der Waals surface area contributed by atoms with Crippen molar-refractivity contribution < 1.29 is 13.9 Å². The van der Waals surface area contributed by atoms with E-state index in [0.29, 0.717) is 5.75 Å². The third-order valence-electron chi connectivity index (χ3n) is 4.70. The molecule has 6 nitrogen and oxygen atoms in total. The van der Waals surface area contributed by atoms with Crippen molar-refractivity contribution in [1.29, 1.82) is 0 Å². The maximum Gasteiger partial charge on any atom is 0.318 e.